The maximum Gasteiger partial charge on any atom is 0.330 e. The van der Waals surface area contributed by atoms with Crippen LogP contribution in [0.3, 0.4) is 0 Å². The van der Waals surface area contributed by atoms with Crippen molar-refractivity contribution in [2.24, 2.45) is 7.05 Å². The Bertz CT molecular complexity index is 1680. The summed E-state index contributed by atoms with van der Waals surface area (Å²) in [5.74, 6) is 1.15. The Hall–Kier alpha value is -4.43. The molecular weight excluding hydrogens is 509 g/mol. The van der Waals surface area contributed by atoms with Gasteiger partial charge < -0.3 is 24.9 Å². The van der Waals surface area contributed by atoms with E-state index in [9.17, 15) is 9.18 Å². The molecule has 3 N–H and O–H groups in total. The molecular formula is C25H28FN9O4. The average Bonchev–Trinajstić information content (AvgIpc) is 3.68. The Kier molecular flexibility index (Phi) is 6.40. The second-order valence-corrected chi connectivity index (χ2v) is 9.30. The van der Waals surface area contributed by atoms with Crippen LogP contribution in [0.2, 0.25) is 0 Å². The highest BCUT2D eigenvalue weighted by Crippen LogP contribution is 2.27. The Morgan fingerprint density at radius 2 is 1.95 bits per heavy atom. The van der Waals surface area contributed by atoms with Crippen LogP contribution in [0.5, 0.6) is 5.75 Å². The van der Waals surface area contributed by atoms with Gasteiger partial charge in [-0.25, -0.2) is 14.2 Å². The molecule has 1 aromatic carbocycles. The first-order valence-corrected chi connectivity index (χ1v) is 12.6. The van der Waals surface area contributed by atoms with Crippen molar-refractivity contribution in [3.63, 3.8) is 0 Å². The molecule has 0 radical (unpaired) electrons. The van der Waals surface area contributed by atoms with Gasteiger partial charge in [-0.15, -0.1) is 5.10 Å². The number of aliphatic hydroxyl groups is 1. The van der Waals surface area contributed by atoms with Crippen molar-refractivity contribution in [1.29, 1.82) is 0 Å². The summed E-state index contributed by atoms with van der Waals surface area (Å²) < 4.78 is 29.9. The van der Waals surface area contributed by atoms with Gasteiger partial charge in [0.15, 0.2) is 17.1 Å². The number of ether oxygens (including phenoxy) is 1. The second-order valence-electron chi connectivity index (χ2n) is 9.30. The fraction of sp³-hybridized carbons (Fsp3) is 0.360. The number of nitrogens with zero attached hydrogens (tertiary/aromatic N) is 8. The monoisotopic (exact) mass is 537 g/mol. The minimum atomic E-state index is -0.319. The van der Waals surface area contributed by atoms with E-state index in [1.807, 2.05) is 4.90 Å². The number of benzene rings is 1. The van der Waals surface area contributed by atoms with Gasteiger partial charge >= 0.3 is 5.69 Å². The van der Waals surface area contributed by atoms with Gasteiger partial charge in [-0.2, -0.15) is 9.50 Å². The molecule has 13 nitrogen and oxygen atoms in total. The molecule has 1 fully saturated rings. The third-order valence-electron chi connectivity index (χ3n) is 6.95. The lowest BCUT2D eigenvalue weighted by Gasteiger charge is -2.36. The van der Waals surface area contributed by atoms with E-state index in [1.165, 1.54) is 21.4 Å². The van der Waals surface area contributed by atoms with Crippen LogP contribution in [0.4, 0.5) is 16.0 Å². The number of hydrogen-bond acceptors (Lipinski definition) is 10. The van der Waals surface area contributed by atoms with Crippen molar-refractivity contribution in [2.75, 3.05) is 56.6 Å². The quantitative estimate of drug-likeness (QED) is 0.293. The van der Waals surface area contributed by atoms with E-state index in [1.54, 1.807) is 35.9 Å². The predicted molar refractivity (Wildman–Crippen MR) is 141 cm³/mol. The molecule has 0 amide bonds. The average molecular weight is 538 g/mol. The van der Waals surface area contributed by atoms with E-state index >= 15 is 0 Å². The first kappa shape index (κ1) is 24.9. The summed E-state index contributed by atoms with van der Waals surface area (Å²) in [4.78, 5) is 26.5. The lowest BCUT2D eigenvalue weighted by Crippen LogP contribution is -2.47. The second kappa shape index (κ2) is 10.0. The van der Waals surface area contributed by atoms with Crippen molar-refractivity contribution < 1.29 is 18.7 Å². The molecule has 5 heterocycles. The van der Waals surface area contributed by atoms with Gasteiger partial charge in [-0.3, -0.25) is 14.0 Å². The molecule has 4 aromatic heterocycles. The van der Waals surface area contributed by atoms with E-state index in [0.717, 1.165) is 0 Å². The van der Waals surface area contributed by atoms with E-state index in [0.29, 0.717) is 79.1 Å². The number of hydrogen-bond donors (Lipinski definition) is 2. The molecule has 6 rings (SSSR count). The first-order valence-electron chi connectivity index (χ1n) is 12.6. The number of halogens is 1. The standard InChI is InChI=1S/C25H28FN9O4/c1-31-20-22(29-24(27)35-23(20)28-21(30-35)19-3-2-13-39-19)34(25(31)37)11-8-32-6-9-33(10-7-32)18-15-16(38-14-12-36)4-5-17(18)26/h2-5,13,15,36H,6-12,14H2,1H3,(H2,27,29). The smallest absolute Gasteiger partial charge is 0.330 e. The highest BCUT2D eigenvalue weighted by Gasteiger charge is 2.24. The zero-order chi connectivity index (χ0) is 27.1. The molecule has 14 heteroatoms. The topological polar surface area (TPSA) is 145 Å². The minimum absolute atomic E-state index is 0.108. The zero-order valence-corrected chi connectivity index (χ0v) is 21.3. The number of aromatic nitrogens is 6. The SMILES string of the molecule is Cn1c(=O)n(CCN2CCN(c3cc(OCCO)ccc3F)CC2)c2nc(N)n3nc(-c4ccco4)nc3c21. The highest BCUT2D eigenvalue weighted by atomic mass is 19.1. The maximum atomic E-state index is 14.5. The molecule has 204 valence electrons. The van der Waals surface area contributed by atoms with Crippen LogP contribution in [0.1, 0.15) is 0 Å². The number of anilines is 2. The van der Waals surface area contributed by atoms with Crippen molar-refractivity contribution >= 4 is 28.4 Å². The zero-order valence-electron chi connectivity index (χ0n) is 21.3. The van der Waals surface area contributed by atoms with Gasteiger partial charge in [0, 0.05) is 52.4 Å². The summed E-state index contributed by atoms with van der Waals surface area (Å²) in [5.41, 5.74) is 7.83. The Balaban J connectivity index is 1.19. The number of nitrogen functional groups attached to an aromatic ring is 1. The van der Waals surface area contributed by atoms with E-state index in [4.69, 9.17) is 20.0 Å². The van der Waals surface area contributed by atoms with Gasteiger partial charge in [0.1, 0.15) is 23.7 Å². The fourth-order valence-electron chi connectivity index (χ4n) is 4.94. The van der Waals surface area contributed by atoms with Gasteiger partial charge in [-0.05, 0) is 24.3 Å². The van der Waals surface area contributed by atoms with Crippen molar-refractivity contribution in [1.82, 2.24) is 33.6 Å². The van der Waals surface area contributed by atoms with E-state index in [2.05, 4.69) is 20.0 Å². The lowest BCUT2D eigenvalue weighted by molar-refractivity contribution is 0.201. The number of aliphatic hydroxyl groups excluding tert-OH is 1. The molecule has 5 aromatic rings. The number of rotatable bonds is 8. The fourth-order valence-corrected chi connectivity index (χ4v) is 4.94. The summed E-state index contributed by atoms with van der Waals surface area (Å²) in [7, 11) is 1.67. The van der Waals surface area contributed by atoms with Crippen LogP contribution in [-0.2, 0) is 13.6 Å². The Morgan fingerprint density at radius 1 is 1.13 bits per heavy atom. The third-order valence-corrected chi connectivity index (χ3v) is 6.95. The molecule has 0 bridgehead atoms. The summed E-state index contributed by atoms with van der Waals surface area (Å²) >= 11 is 0. The van der Waals surface area contributed by atoms with Crippen LogP contribution in [-0.4, -0.2) is 84.7 Å². The number of aryl methyl sites for hydroxylation is 1. The molecule has 1 saturated heterocycles. The minimum Gasteiger partial charge on any atom is -0.491 e. The van der Waals surface area contributed by atoms with Gasteiger partial charge in [0.05, 0.1) is 18.6 Å². The lowest BCUT2D eigenvalue weighted by atomic mass is 10.2. The van der Waals surface area contributed by atoms with Crippen LogP contribution in [0.15, 0.2) is 45.8 Å². The predicted octanol–water partition coefficient (Wildman–Crippen LogP) is 0.952. The van der Waals surface area contributed by atoms with Crippen molar-refractivity contribution in [2.45, 2.75) is 6.54 Å². The summed E-state index contributed by atoms with van der Waals surface area (Å²) in [6.07, 6.45) is 1.53. The molecule has 0 spiro atoms. The van der Waals surface area contributed by atoms with Crippen LogP contribution in [0.25, 0.3) is 28.4 Å². The largest absolute Gasteiger partial charge is 0.491 e. The number of nitrogens with two attached hydrogens (primary N) is 1. The third kappa shape index (κ3) is 4.46. The van der Waals surface area contributed by atoms with Crippen LogP contribution >= 0.6 is 0 Å². The van der Waals surface area contributed by atoms with Crippen LogP contribution in [0, 0.1) is 5.82 Å². The summed E-state index contributed by atoms with van der Waals surface area (Å²) in [6.45, 7) is 3.67. The molecule has 0 atom stereocenters. The van der Waals surface area contributed by atoms with Gasteiger partial charge in [0.2, 0.25) is 11.8 Å². The first-order chi connectivity index (χ1) is 18.9. The van der Waals surface area contributed by atoms with Crippen molar-refractivity contribution in [3.05, 3.63) is 52.9 Å². The normalized spacial score (nSPS) is 14.6. The highest BCUT2D eigenvalue weighted by molar-refractivity contribution is 5.88. The van der Waals surface area contributed by atoms with Crippen LogP contribution < -0.4 is 21.1 Å². The molecule has 1 aliphatic heterocycles. The van der Waals surface area contributed by atoms with Crippen molar-refractivity contribution in [3.8, 4) is 17.3 Å². The Labute approximate surface area is 221 Å². The molecule has 0 unspecified atom stereocenters. The Morgan fingerprint density at radius 3 is 2.69 bits per heavy atom. The number of piperazine rings is 1. The number of fused-ring (bicyclic) bond motifs is 3. The summed E-state index contributed by atoms with van der Waals surface area (Å²) in [5, 5.41) is 13.4. The molecule has 0 saturated carbocycles. The van der Waals surface area contributed by atoms with Gasteiger partial charge in [0.25, 0.3) is 0 Å². The summed E-state index contributed by atoms with van der Waals surface area (Å²) in [6, 6.07) is 8.08. The molecule has 39 heavy (non-hydrogen) atoms. The van der Waals surface area contributed by atoms with Gasteiger partial charge in [-0.1, -0.05) is 0 Å². The number of imidazole rings is 1. The molecule has 1 aliphatic rings. The maximum absolute atomic E-state index is 14.5. The number of furan rings is 1. The van der Waals surface area contributed by atoms with E-state index < -0.39 is 0 Å². The molecule has 0 aliphatic carbocycles. The van der Waals surface area contributed by atoms with E-state index in [-0.39, 0.29) is 30.7 Å².